The van der Waals surface area contributed by atoms with Crippen LogP contribution in [-0.2, 0) is 0 Å². The molecule has 0 spiro atoms. The molecule has 0 bridgehead atoms. The van der Waals surface area contributed by atoms with Crippen molar-refractivity contribution in [3.8, 4) is 0 Å². The first-order valence-electron chi connectivity index (χ1n) is 6.64. The molecule has 0 aliphatic carbocycles. The number of halogens is 4. The van der Waals surface area contributed by atoms with Gasteiger partial charge in [0.15, 0.2) is 16.0 Å². The Kier molecular flexibility index (Phi) is 6.23. The molecule has 25 heavy (non-hydrogen) atoms. The molecule has 0 unspecified atom stereocenters. The van der Waals surface area contributed by atoms with Gasteiger partial charge in [-0.3, -0.25) is 15.6 Å². The Labute approximate surface area is 162 Å². The van der Waals surface area contributed by atoms with Crippen LogP contribution in [0.15, 0.2) is 18.2 Å². The van der Waals surface area contributed by atoms with Crippen molar-refractivity contribution < 1.29 is 9.18 Å². The fourth-order valence-electron chi connectivity index (χ4n) is 1.69. The minimum Gasteiger partial charge on any atom is -0.396 e. The largest absolute Gasteiger partial charge is 0.396 e. The van der Waals surface area contributed by atoms with Gasteiger partial charge in [-0.2, -0.15) is 0 Å². The molecule has 1 aromatic carbocycles. The molecule has 2 rings (SSSR count). The summed E-state index contributed by atoms with van der Waals surface area (Å²) in [6.07, 6.45) is 0. The lowest BCUT2D eigenvalue weighted by Crippen LogP contribution is -2.44. The topological polar surface area (TPSA) is 92.1 Å². The Morgan fingerprint density at radius 2 is 1.92 bits per heavy atom. The first kappa shape index (κ1) is 19.5. The number of hydrogen-bond donors (Lipinski definition) is 4. The van der Waals surface area contributed by atoms with Crippen LogP contribution in [0, 0.1) is 12.7 Å². The Hall–Kier alpha value is -1.87. The fourth-order valence-corrected chi connectivity index (χ4v) is 2.45. The highest BCUT2D eigenvalue weighted by molar-refractivity contribution is 7.80. The second kappa shape index (κ2) is 8.01. The number of aromatic nitrogens is 1. The van der Waals surface area contributed by atoms with Gasteiger partial charge in [0.1, 0.15) is 10.8 Å². The Bertz CT molecular complexity index is 865. The van der Waals surface area contributed by atoms with Crippen molar-refractivity contribution in [3.63, 3.8) is 0 Å². The van der Waals surface area contributed by atoms with Crippen LogP contribution in [-0.4, -0.2) is 16.0 Å². The van der Waals surface area contributed by atoms with Gasteiger partial charge in [0.05, 0.1) is 10.7 Å². The fraction of sp³-hybridized carbons (Fsp3) is 0.0714. The average molecular weight is 423 g/mol. The number of benzene rings is 1. The van der Waals surface area contributed by atoms with Gasteiger partial charge in [0, 0.05) is 5.69 Å². The number of amides is 1. The highest BCUT2D eigenvalue weighted by atomic mass is 35.5. The number of rotatable bonds is 2. The lowest BCUT2D eigenvalue weighted by molar-refractivity contribution is 0.0939. The van der Waals surface area contributed by atoms with E-state index in [0.29, 0.717) is 11.3 Å². The number of aryl methyl sites for hydroxylation is 1. The number of anilines is 2. The molecular formula is C14H11Cl3FN5OS. The molecule has 0 saturated carbocycles. The zero-order valence-corrected chi connectivity index (χ0v) is 15.7. The van der Waals surface area contributed by atoms with Crippen LogP contribution >= 0.6 is 47.0 Å². The first-order valence-corrected chi connectivity index (χ1v) is 8.18. The van der Waals surface area contributed by atoms with E-state index >= 15 is 0 Å². The lowest BCUT2D eigenvalue weighted by atomic mass is 10.2. The van der Waals surface area contributed by atoms with Crippen LogP contribution in [0.5, 0.6) is 0 Å². The van der Waals surface area contributed by atoms with Crippen LogP contribution < -0.4 is 21.9 Å². The van der Waals surface area contributed by atoms with E-state index in [4.69, 9.17) is 52.8 Å². The second-order valence-corrected chi connectivity index (χ2v) is 6.31. The van der Waals surface area contributed by atoms with Gasteiger partial charge in [-0.15, -0.1) is 0 Å². The number of hydrazine groups is 1. The number of nitrogens with one attached hydrogen (secondary N) is 3. The third kappa shape index (κ3) is 4.60. The van der Waals surface area contributed by atoms with Gasteiger partial charge in [-0.05, 0) is 36.8 Å². The Morgan fingerprint density at radius 1 is 1.24 bits per heavy atom. The minimum absolute atomic E-state index is 0.0146. The van der Waals surface area contributed by atoms with E-state index in [0.717, 1.165) is 0 Å². The van der Waals surface area contributed by atoms with Crippen LogP contribution in [0.25, 0.3) is 0 Å². The van der Waals surface area contributed by atoms with Crippen LogP contribution in [0.3, 0.4) is 0 Å². The number of carbonyl (C=O) groups excluding carboxylic acids is 1. The number of thiocarbonyl (C=S) groups is 1. The van der Waals surface area contributed by atoms with Crippen molar-refractivity contribution >= 4 is 69.4 Å². The van der Waals surface area contributed by atoms with E-state index in [9.17, 15) is 9.18 Å². The minimum atomic E-state index is -0.741. The maximum atomic E-state index is 13.5. The third-order valence-electron chi connectivity index (χ3n) is 3.01. The molecule has 0 aliphatic rings. The van der Waals surface area contributed by atoms with Gasteiger partial charge in [-0.25, -0.2) is 9.37 Å². The Balaban J connectivity index is 2.02. The normalized spacial score (nSPS) is 10.3. The molecule has 11 heteroatoms. The SMILES string of the molecule is Cc1ccc(NC(=S)NNC(=O)c2nc(Cl)c(Cl)c(N)c2Cl)cc1F. The predicted octanol–water partition coefficient (Wildman–Crippen LogP) is 3.70. The Morgan fingerprint density at radius 3 is 2.56 bits per heavy atom. The van der Waals surface area contributed by atoms with Crippen molar-refractivity contribution in [3.05, 3.63) is 50.5 Å². The summed E-state index contributed by atoms with van der Waals surface area (Å²) in [5.41, 5.74) is 10.9. The molecule has 0 saturated heterocycles. The molecule has 6 nitrogen and oxygen atoms in total. The van der Waals surface area contributed by atoms with Gasteiger partial charge in [-0.1, -0.05) is 40.9 Å². The van der Waals surface area contributed by atoms with Gasteiger partial charge in [0.2, 0.25) is 0 Å². The number of nitrogens with two attached hydrogens (primary N) is 1. The maximum Gasteiger partial charge on any atom is 0.289 e. The van der Waals surface area contributed by atoms with Crippen molar-refractivity contribution in [2.75, 3.05) is 11.1 Å². The summed E-state index contributed by atoms with van der Waals surface area (Å²) >= 11 is 22.5. The summed E-state index contributed by atoms with van der Waals surface area (Å²) in [4.78, 5) is 15.9. The summed E-state index contributed by atoms with van der Waals surface area (Å²) in [6.45, 7) is 1.63. The molecule has 1 amide bonds. The summed E-state index contributed by atoms with van der Waals surface area (Å²) in [5, 5.41) is 2.36. The van der Waals surface area contributed by atoms with E-state index in [1.165, 1.54) is 6.07 Å². The molecule has 0 atom stereocenters. The molecule has 0 radical (unpaired) electrons. The number of nitrogens with zero attached hydrogens (tertiary/aromatic N) is 1. The van der Waals surface area contributed by atoms with Gasteiger partial charge < -0.3 is 11.1 Å². The van der Waals surface area contributed by atoms with Crippen LogP contribution in [0.4, 0.5) is 15.8 Å². The second-order valence-electron chi connectivity index (χ2n) is 4.79. The quantitative estimate of drug-likeness (QED) is 0.335. The van der Waals surface area contributed by atoms with Crippen molar-refractivity contribution in [1.82, 2.24) is 15.8 Å². The number of hydrogen-bond acceptors (Lipinski definition) is 4. The summed E-state index contributed by atoms with van der Waals surface area (Å²) in [6, 6.07) is 4.48. The molecule has 1 aromatic heterocycles. The first-order chi connectivity index (χ1) is 11.7. The van der Waals surface area contributed by atoms with E-state index in [1.807, 2.05) is 0 Å². The monoisotopic (exact) mass is 421 g/mol. The smallest absolute Gasteiger partial charge is 0.289 e. The maximum absolute atomic E-state index is 13.5. The standard InChI is InChI=1S/C14H11Cl3FN5OS/c1-5-2-3-6(4-7(5)18)20-14(25)23-22-13(24)11-8(15)10(19)9(16)12(17)21-11/h2-4H,1H3,(H2,19,21)(H,22,24)(H2,20,23,25). The number of carbonyl (C=O) groups is 1. The third-order valence-corrected chi connectivity index (χ3v) is 4.35. The lowest BCUT2D eigenvalue weighted by Gasteiger charge is -2.13. The molecule has 2 aromatic rings. The van der Waals surface area contributed by atoms with Crippen molar-refractivity contribution in [2.24, 2.45) is 0 Å². The highest BCUT2D eigenvalue weighted by Crippen LogP contribution is 2.34. The van der Waals surface area contributed by atoms with Gasteiger partial charge >= 0.3 is 0 Å². The molecule has 5 N–H and O–H groups in total. The van der Waals surface area contributed by atoms with E-state index in [2.05, 4.69) is 21.2 Å². The van der Waals surface area contributed by atoms with Gasteiger partial charge in [0.25, 0.3) is 5.91 Å². The number of nitrogen functional groups attached to an aromatic ring is 1. The van der Waals surface area contributed by atoms with Crippen molar-refractivity contribution in [1.29, 1.82) is 0 Å². The molecule has 1 heterocycles. The molecule has 132 valence electrons. The van der Waals surface area contributed by atoms with Crippen LogP contribution in [0.2, 0.25) is 15.2 Å². The zero-order chi connectivity index (χ0) is 18.7. The summed E-state index contributed by atoms with van der Waals surface area (Å²) < 4.78 is 13.5. The number of pyridine rings is 1. The molecule has 0 fully saturated rings. The van der Waals surface area contributed by atoms with Crippen molar-refractivity contribution in [2.45, 2.75) is 6.92 Å². The van der Waals surface area contributed by atoms with E-state index in [-0.39, 0.29) is 37.5 Å². The zero-order valence-electron chi connectivity index (χ0n) is 12.6. The molecule has 0 aliphatic heterocycles. The van der Waals surface area contributed by atoms with E-state index in [1.54, 1.807) is 19.1 Å². The molecular weight excluding hydrogens is 412 g/mol. The van der Waals surface area contributed by atoms with Crippen LogP contribution in [0.1, 0.15) is 16.1 Å². The van der Waals surface area contributed by atoms with E-state index < -0.39 is 5.91 Å². The predicted molar refractivity (Wildman–Crippen MR) is 102 cm³/mol. The summed E-state index contributed by atoms with van der Waals surface area (Å²) in [7, 11) is 0. The summed E-state index contributed by atoms with van der Waals surface area (Å²) in [5.74, 6) is -1.13. The highest BCUT2D eigenvalue weighted by Gasteiger charge is 2.19. The average Bonchev–Trinajstić information content (AvgIpc) is 2.57.